The number of phenolic OH excluding ortho intramolecular Hbond substituents is 2. The molecule has 1 aliphatic carbocycles. The maximum Gasteiger partial charge on any atom is 0.239 e. The summed E-state index contributed by atoms with van der Waals surface area (Å²) in [6, 6.07) is 17.7. The molecule has 1 amide bonds. The first-order chi connectivity index (χ1) is 13.4. The maximum absolute atomic E-state index is 13.3. The van der Waals surface area contributed by atoms with Gasteiger partial charge >= 0.3 is 0 Å². The molecule has 3 N–H and O–H groups in total. The van der Waals surface area contributed by atoms with Gasteiger partial charge in [0.25, 0.3) is 0 Å². The average molecular weight is 371 g/mol. The Balaban J connectivity index is 1.79. The molecule has 28 heavy (non-hydrogen) atoms. The van der Waals surface area contributed by atoms with Gasteiger partial charge in [-0.25, -0.2) is 0 Å². The molecule has 0 aromatic heterocycles. The number of rotatable bonds is 1. The number of anilines is 1. The Hall–Kier alpha value is -3.27. The molecule has 3 aromatic carbocycles. The second-order valence-electron chi connectivity index (χ2n) is 7.97. The smallest absolute Gasteiger partial charge is 0.239 e. The largest absolute Gasteiger partial charge is 0.504 e. The van der Waals surface area contributed by atoms with Crippen LogP contribution in [0.25, 0.3) is 0 Å². The van der Waals surface area contributed by atoms with E-state index in [-0.39, 0.29) is 23.3 Å². The van der Waals surface area contributed by atoms with E-state index in [2.05, 4.69) is 48.6 Å². The molecule has 0 saturated carbocycles. The first kappa shape index (κ1) is 16.9. The van der Waals surface area contributed by atoms with E-state index in [9.17, 15) is 15.0 Å². The number of aryl methyl sites for hydroxylation is 2. The SMILES string of the molecule is Cc1ccc(C2CC3(C(=O)Nc4ccc(O)c(O)c43)c3cc(C)ccc32)cc1. The van der Waals surface area contributed by atoms with Gasteiger partial charge < -0.3 is 15.5 Å². The van der Waals surface area contributed by atoms with E-state index in [0.717, 1.165) is 22.3 Å². The molecule has 1 aliphatic heterocycles. The molecule has 2 atom stereocenters. The average Bonchev–Trinajstić information content (AvgIpc) is 3.15. The van der Waals surface area contributed by atoms with Gasteiger partial charge in [0.2, 0.25) is 5.91 Å². The fourth-order valence-corrected chi connectivity index (χ4v) is 4.88. The summed E-state index contributed by atoms with van der Waals surface area (Å²) in [5.41, 5.74) is 5.45. The first-order valence-corrected chi connectivity index (χ1v) is 9.46. The van der Waals surface area contributed by atoms with Crippen molar-refractivity contribution in [3.63, 3.8) is 0 Å². The number of phenols is 2. The predicted molar refractivity (Wildman–Crippen MR) is 108 cm³/mol. The normalized spacial score (nSPS) is 22.2. The van der Waals surface area contributed by atoms with Gasteiger partial charge in [0, 0.05) is 17.2 Å². The zero-order chi connectivity index (χ0) is 19.6. The van der Waals surface area contributed by atoms with E-state index in [4.69, 9.17) is 0 Å². The molecule has 2 aliphatic rings. The monoisotopic (exact) mass is 371 g/mol. The molecule has 0 saturated heterocycles. The predicted octanol–water partition coefficient (Wildman–Crippen LogP) is 4.49. The number of benzene rings is 3. The number of carbonyl (C=O) groups excluding carboxylic acids is 1. The van der Waals surface area contributed by atoms with Crippen molar-refractivity contribution < 1.29 is 15.0 Å². The molecule has 4 heteroatoms. The highest BCUT2D eigenvalue weighted by atomic mass is 16.3. The van der Waals surface area contributed by atoms with E-state index >= 15 is 0 Å². The highest BCUT2D eigenvalue weighted by Gasteiger charge is 2.56. The molecule has 2 unspecified atom stereocenters. The third-order valence-electron chi connectivity index (χ3n) is 6.25. The molecule has 1 spiro atoms. The number of fused-ring (bicyclic) bond motifs is 4. The van der Waals surface area contributed by atoms with Crippen LogP contribution in [0, 0.1) is 13.8 Å². The Labute approximate surface area is 163 Å². The van der Waals surface area contributed by atoms with Gasteiger partial charge in [0.05, 0.1) is 0 Å². The van der Waals surface area contributed by atoms with Crippen molar-refractivity contribution in [1.29, 1.82) is 0 Å². The molecule has 4 nitrogen and oxygen atoms in total. The summed E-state index contributed by atoms with van der Waals surface area (Å²) in [6.45, 7) is 4.06. The summed E-state index contributed by atoms with van der Waals surface area (Å²) in [5.74, 6) is -0.532. The van der Waals surface area contributed by atoms with Crippen LogP contribution >= 0.6 is 0 Å². The third-order valence-corrected chi connectivity index (χ3v) is 6.25. The summed E-state index contributed by atoms with van der Waals surface area (Å²) >= 11 is 0. The molecular weight excluding hydrogens is 350 g/mol. The second-order valence-corrected chi connectivity index (χ2v) is 7.97. The molecule has 140 valence electrons. The molecule has 0 fully saturated rings. The van der Waals surface area contributed by atoms with E-state index in [1.165, 1.54) is 11.6 Å². The van der Waals surface area contributed by atoms with Crippen LogP contribution in [-0.2, 0) is 10.2 Å². The standard InChI is InChI=1S/C24H21NO3/c1-13-3-6-15(7-4-13)17-12-24(18-11-14(2)5-8-16(17)18)21-19(25-23(24)28)9-10-20(26)22(21)27/h3-11,17,26-27H,12H2,1-2H3,(H,25,28). The van der Waals surface area contributed by atoms with Crippen LogP contribution in [0.4, 0.5) is 5.69 Å². The number of hydrogen-bond donors (Lipinski definition) is 3. The summed E-state index contributed by atoms with van der Waals surface area (Å²) in [5, 5.41) is 23.8. The lowest BCUT2D eigenvalue weighted by Gasteiger charge is -2.25. The zero-order valence-corrected chi connectivity index (χ0v) is 15.8. The van der Waals surface area contributed by atoms with Crippen LogP contribution in [0.5, 0.6) is 11.5 Å². The highest BCUT2D eigenvalue weighted by molar-refractivity contribution is 6.11. The number of nitrogens with one attached hydrogen (secondary N) is 1. The number of hydrogen-bond acceptors (Lipinski definition) is 3. The summed E-state index contributed by atoms with van der Waals surface area (Å²) in [4.78, 5) is 13.3. The fourth-order valence-electron chi connectivity index (χ4n) is 4.88. The second kappa shape index (κ2) is 5.61. The van der Waals surface area contributed by atoms with Crippen molar-refractivity contribution in [3.05, 3.63) is 88.0 Å². The quantitative estimate of drug-likeness (QED) is 0.436. The first-order valence-electron chi connectivity index (χ1n) is 9.46. The molecule has 3 aromatic rings. The minimum absolute atomic E-state index is 0.0367. The summed E-state index contributed by atoms with van der Waals surface area (Å²) in [7, 11) is 0. The minimum Gasteiger partial charge on any atom is -0.504 e. The van der Waals surface area contributed by atoms with Gasteiger partial charge in [-0.1, -0.05) is 53.6 Å². The number of carbonyl (C=O) groups is 1. The van der Waals surface area contributed by atoms with Crippen molar-refractivity contribution >= 4 is 11.6 Å². The molecular formula is C24H21NO3. The van der Waals surface area contributed by atoms with E-state index in [0.29, 0.717) is 17.7 Å². The topological polar surface area (TPSA) is 69.6 Å². The molecule has 0 bridgehead atoms. The zero-order valence-electron chi connectivity index (χ0n) is 15.8. The minimum atomic E-state index is -1.00. The van der Waals surface area contributed by atoms with Crippen LogP contribution in [-0.4, -0.2) is 16.1 Å². The lowest BCUT2D eigenvalue weighted by molar-refractivity contribution is -0.119. The van der Waals surface area contributed by atoms with Gasteiger partial charge in [-0.3, -0.25) is 4.79 Å². The maximum atomic E-state index is 13.3. The lowest BCUT2D eigenvalue weighted by Crippen LogP contribution is -2.33. The molecule has 1 heterocycles. The summed E-state index contributed by atoms with van der Waals surface area (Å²) < 4.78 is 0. The van der Waals surface area contributed by atoms with Gasteiger partial charge in [0.15, 0.2) is 11.5 Å². The Morgan fingerprint density at radius 2 is 1.68 bits per heavy atom. The van der Waals surface area contributed by atoms with Crippen molar-refractivity contribution in [3.8, 4) is 11.5 Å². The van der Waals surface area contributed by atoms with E-state index in [1.807, 2.05) is 13.0 Å². The molecule has 0 radical (unpaired) electrons. The highest BCUT2D eigenvalue weighted by Crippen LogP contribution is 2.60. The van der Waals surface area contributed by atoms with Gasteiger partial charge in [-0.15, -0.1) is 0 Å². The van der Waals surface area contributed by atoms with Crippen molar-refractivity contribution in [2.45, 2.75) is 31.6 Å². The van der Waals surface area contributed by atoms with Crippen LogP contribution in [0.15, 0.2) is 54.6 Å². The van der Waals surface area contributed by atoms with Crippen LogP contribution in [0.1, 0.15) is 45.7 Å². The van der Waals surface area contributed by atoms with Gasteiger partial charge in [-0.2, -0.15) is 0 Å². The van der Waals surface area contributed by atoms with E-state index < -0.39 is 5.41 Å². The number of amides is 1. The van der Waals surface area contributed by atoms with Gasteiger partial charge in [0.1, 0.15) is 5.41 Å². The Morgan fingerprint density at radius 3 is 2.43 bits per heavy atom. The van der Waals surface area contributed by atoms with Crippen LogP contribution in [0.2, 0.25) is 0 Å². The third kappa shape index (κ3) is 2.09. The Bertz CT molecular complexity index is 1130. The van der Waals surface area contributed by atoms with Crippen LogP contribution < -0.4 is 5.32 Å². The van der Waals surface area contributed by atoms with Gasteiger partial charge in [-0.05, 0) is 49.1 Å². The summed E-state index contributed by atoms with van der Waals surface area (Å²) in [6.07, 6.45) is 0.519. The van der Waals surface area contributed by atoms with Crippen molar-refractivity contribution in [2.24, 2.45) is 0 Å². The lowest BCUT2D eigenvalue weighted by atomic mass is 9.75. The Kier molecular flexibility index (Phi) is 3.38. The molecule has 5 rings (SSSR count). The van der Waals surface area contributed by atoms with Crippen molar-refractivity contribution in [1.82, 2.24) is 0 Å². The van der Waals surface area contributed by atoms with Crippen molar-refractivity contribution in [2.75, 3.05) is 5.32 Å². The fraction of sp³-hybridized carbons (Fsp3) is 0.208. The Morgan fingerprint density at radius 1 is 0.964 bits per heavy atom. The number of aromatic hydroxyl groups is 2. The van der Waals surface area contributed by atoms with Crippen LogP contribution in [0.3, 0.4) is 0 Å². The van der Waals surface area contributed by atoms with E-state index in [1.54, 1.807) is 6.07 Å².